The summed E-state index contributed by atoms with van der Waals surface area (Å²) >= 11 is 3.98. The lowest BCUT2D eigenvalue weighted by molar-refractivity contribution is 0.778. The Labute approximate surface area is 92.6 Å². The van der Waals surface area contributed by atoms with Crippen LogP contribution in [0.25, 0.3) is 0 Å². The second-order valence-corrected chi connectivity index (χ2v) is 5.50. The molecular weight excluding hydrogens is 196 g/mol. The van der Waals surface area contributed by atoms with E-state index in [-0.39, 0.29) is 0 Å². The van der Waals surface area contributed by atoms with Crippen molar-refractivity contribution in [3.8, 4) is 0 Å². The predicted octanol–water partition coefficient (Wildman–Crippen LogP) is 4.95. The van der Waals surface area contributed by atoms with Crippen LogP contribution >= 0.6 is 23.5 Å². The fraction of sp³-hybridized carbons (Fsp3) is 0.909. The fourth-order valence-electron chi connectivity index (χ4n) is 1.02. The van der Waals surface area contributed by atoms with Crippen LogP contribution < -0.4 is 0 Å². The zero-order valence-electron chi connectivity index (χ0n) is 9.05. The number of rotatable bonds is 10. The number of thioether (sulfide) groups is 2. The van der Waals surface area contributed by atoms with Gasteiger partial charge in [0.05, 0.1) is 5.08 Å². The first kappa shape index (κ1) is 13.7. The van der Waals surface area contributed by atoms with Crippen molar-refractivity contribution < 1.29 is 0 Å². The molecule has 0 amide bonds. The summed E-state index contributed by atoms with van der Waals surface area (Å²) in [4.78, 5) is 0. The quantitative estimate of drug-likeness (QED) is 0.477. The molecule has 0 aromatic carbocycles. The topological polar surface area (TPSA) is 0 Å². The zero-order chi connectivity index (χ0) is 9.78. The molecule has 0 spiro atoms. The Bertz CT molecular complexity index is 74.2. The van der Waals surface area contributed by atoms with E-state index in [0.29, 0.717) is 0 Å². The van der Waals surface area contributed by atoms with Gasteiger partial charge in [-0.1, -0.05) is 39.5 Å². The van der Waals surface area contributed by atoms with Crippen LogP contribution in [0.2, 0.25) is 0 Å². The lowest BCUT2D eigenvalue weighted by atomic mass is 10.3. The Morgan fingerprint density at radius 1 is 0.769 bits per heavy atom. The molecule has 0 fully saturated rings. The normalized spacial score (nSPS) is 10.6. The summed E-state index contributed by atoms with van der Waals surface area (Å²) in [5.41, 5.74) is 0. The van der Waals surface area contributed by atoms with Gasteiger partial charge in [-0.3, -0.25) is 0 Å². The number of hydrogen-bond donors (Lipinski definition) is 0. The highest BCUT2D eigenvalue weighted by Crippen LogP contribution is 2.20. The molecule has 0 N–H and O–H groups in total. The molecule has 1 radical (unpaired) electrons. The molecule has 0 aromatic heterocycles. The van der Waals surface area contributed by atoms with Gasteiger partial charge in [0.1, 0.15) is 0 Å². The molecular formula is C11H23S2. The second kappa shape index (κ2) is 12.7. The highest BCUT2D eigenvalue weighted by atomic mass is 32.2. The van der Waals surface area contributed by atoms with Crippen molar-refractivity contribution in [3.05, 3.63) is 5.08 Å². The molecule has 0 atom stereocenters. The molecule has 2 heteroatoms. The summed E-state index contributed by atoms with van der Waals surface area (Å²) in [5, 5.41) is 2.32. The maximum absolute atomic E-state index is 2.32. The third-order valence-corrected chi connectivity index (χ3v) is 4.00. The van der Waals surface area contributed by atoms with Crippen LogP contribution in [0.3, 0.4) is 0 Å². The van der Waals surface area contributed by atoms with Crippen LogP contribution in [0.15, 0.2) is 0 Å². The van der Waals surface area contributed by atoms with Gasteiger partial charge >= 0.3 is 0 Å². The molecule has 0 aromatic rings. The van der Waals surface area contributed by atoms with Crippen molar-refractivity contribution in [2.45, 2.75) is 52.4 Å². The van der Waals surface area contributed by atoms with Crippen molar-refractivity contribution in [3.63, 3.8) is 0 Å². The van der Waals surface area contributed by atoms with Gasteiger partial charge in [0.15, 0.2) is 0 Å². The van der Waals surface area contributed by atoms with Crippen molar-refractivity contribution in [1.29, 1.82) is 0 Å². The standard InChI is InChI=1S/C11H23S2/c1-3-5-7-9-12-11-13-10-8-6-4-2/h11H,3-10H2,1-2H3. The first-order chi connectivity index (χ1) is 6.41. The Balaban J connectivity index is 2.76. The second-order valence-electron chi connectivity index (χ2n) is 3.25. The SMILES string of the molecule is CCCCCS[CH]SCCCCC. The van der Waals surface area contributed by atoms with Crippen LogP contribution in [0.5, 0.6) is 0 Å². The van der Waals surface area contributed by atoms with E-state index in [1.54, 1.807) is 0 Å². The molecule has 0 heterocycles. The van der Waals surface area contributed by atoms with Gasteiger partial charge in [-0.05, 0) is 24.3 Å². The third-order valence-electron chi connectivity index (χ3n) is 1.87. The Hall–Kier alpha value is 0.700. The van der Waals surface area contributed by atoms with E-state index in [1.165, 1.54) is 50.0 Å². The molecule has 79 valence electrons. The summed E-state index contributed by atoms with van der Waals surface area (Å²) in [7, 11) is 0. The molecule has 13 heavy (non-hydrogen) atoms. The van der Waals surface area contributed by atoms with E-state index in [4.69, 9.17) is 0 Å². The summed E-state index contributed by atoms with van der Waals surface area (Å²) in [6.07, 6.45) is 8.22. The maximum Gasteiger partial charge on any atom is 0.0712 e. The molecule has 0 aliphatic rings. The molecule has 0 rings (SSSR count). The van der Waals surface area contributed by atoms with Crippen LogP contribution in [0.4, 0.5) is 0 Å². The van der Waals surface area contributed by atoms with E-state index < -0.39 is 0 Å². The lowest BCUT2D eigenvalue weighted by Gasteiger charge is -2.00. The summed E-state index contributed by atoms with van der Waals surface area (Å²) in [5.74, 6) is 2.63. The highest BCUT2D eigenvalue weighted by Gasteiger charge is 1.91. The average Bonchev–Trinajstić information content (AvgIpc) is 2.16. The predicted molar refractivity (Wildman–Crippen MR) is 68.3 cm³/mol. The largest absolute Gasteiger partial charge is 0.146 e. The molecule has 0 saturated carbocycles. The molecule has 0 bridgehead atoms. The minimum Gasteiger partial charge on any atom is -0.146 e. The number of hydrogen-bond acceptors (Lipinski definition) is 2. The lowest BCUT2D eigenvalue weighted by Crippen LogP contribution is -1.80. The van der Waals surface area contributed by atoms with Gasteiger partial charge < -0.3 is 0 Å². The zero-order valence-corrected chi connectivity index (χ0v) is 10.7. The monoisotopic (exact) mass is 219 g/mol. The van der Waals surface area contributed by atoms with Gasteiger partial charge in [-0.25, -0.2) is 0 Å². The molecule has 0 aliphatic heterocycles. The minimum atomic E-state index is 1.31. The van der Waals surface area contributed by atoms with E-state index in [9.17, 15) is 0 Å². The van der Waals surface area contributed by atoms with Crippen LogP contribution in [-0.2, 0) is 0 Å². The first-order valence-corrected chi connectivity index (χ1v) is 7.56. The summed E-state index contributed by atoms with van der Waals surface area (Å²) < 4.78 is 0. The summed E-state index contributed by atoms with van der Waals surface area (Å²) in [6.45, 7) is 4.52. The minimum absolute atomic E-state index is 1.31. The van der Waals surface area contributed by atoms with Gasteiger partial charge in [-0.15, -0.1) is 23.5 Å². The van der Waals surface area contributed by atoms with Crippen LogP contribution in [-0.4, -0.2) is 11.5 Å². The Kier molecular flexibility index (Phi) is 13.4. The Morgan fingerprint density at radius 3 is 1.62 bits per heavy atom. The van der Waals surface area contributed by atoms with Gasteiger partial charge in [0.2, 0.25) is 0 Å². The van der Waals surface area contributed by atoms with Gasteiger partial charge in [-0.2, -0.15) is 0 Å². The van der Waals surface area contributed by atoms with Crippen molar-refractivity contribution in [2.75, 3.05) is 11.5 Å². The molecule has 0 aliphatic carbocycles. The van der Waals surface area contributed by atoms with E-state index in [2.05, 4.69) is 18.9 Å². The summed E-state index contributed by atoms with van der Waals surface area (Å²) in [6, 6.07) is 0. The van der Waals surface area contributed by atoms with E-state index >= 15 is 0 Å². The van der Waals surface area contributed by atoms with Crippen molar-refractivity contribution >= 4 is 23.5 Å². The van der Waals surface area contributed by atoms with Gasteiger partial charge in [0.25, 0.3) is 0 Å². The first-order valence-electron chi connectivity index (χ1n) is 5.46. The smallest absolute Gasteiger partial charge is 0.0712 e. The van der Waals surface area contributed by atoms with E-state index in [1.807, 2.05) is 23.5 Å². The number of unbranched alkanes of at least 4 members (excludes halogenated alkanes) is 4. The third kappa shape index (κ3) is 12.7. The Morgan fingerprint density at radius 2 is 1.23 bits per heavy atom. The average molecular weight is 219 g/mol. The highest BCUT2D eigenvalue weighted by molar-refractivity contribution is 8.19. The van der Waals surface area contributed by atoms with Crippen molar-refractivity contribution in [1.82, 2.24) is 0 Å². The molecule has 0 unspecified atom stereocenters. The molecule has 0 saturated heterocycles. The maximum atomic E-state index is 2.32. The van der Waals surface area contributed by atoms with Crippen molar-refractivity contribution in [2.24, 2.45) is 0 Å². The molecule has 0 nitrogen and oxygen atoms in total. The van der Waals surface area contributed by atoms with Crippen LogP contribution in [0.1, 0.15) is 52.4 Å². The fourth-order valence-corrected chi connectivity index (χ4v) is 2.91. The van der Waals surface area contributed by atoms with Crippen LogP contribution in [0, 0.1) is 5.08 Å². The van der Waals surface area contributed by atoms with Gasteiger partial charge in [0, 0.05) is 0 Å². The van der Waals surface area contributed by atoms with E-state index in [0.717, 1.165) is 0 Å².